The lowest BCUT2D eigenvalue weighted by Crippen LogP contribution is -2.43. The second kappa shape index (κ2) is 9.73. The summed E-state index contributed by atoms with van der Waals surface area (Å²) >= 11 is 0. The van der Waals surface area contributed by atoms with Crippen molar-refractivity contribution in [1.29, 1.82) is 0 Å². The number of likely N-dealkylation sites (tertiary alicyclic amines) is 1. The van der Waals surface area contributed by atoms with Gasteiger partial charge < -0.3 is 9.84 Å². The highest BCUT2D eigenvalue weighted by Gasteiger charge is 2.21. The summed E-state index contributed by atoms with van der Waals surface area (Å²) in [6.07, 6.45) is 8.41. The number of aliphatic hydroxyl groups excluding tert-OH is 1. The third kappa shape index (κ3) is 6.73. The Morgan fingerprint density at radius 3 is 2.47 bits per heavy atom. The van der Waals surface area contributed by atoms with Crippen LogP contribution in [0.1, 0.15) is 65.7 Å². The molecule has 2 unspecified atom stereocenters. The minimum absolute atomic E-state index is 0.336. The minimum Gasteiger partial charge on any atom is -0.389 e. The first kappa shape index (κ1) is 16.9. The molecule has 1 aliphatic rings. The zero-order valence-electron chi connectivity index (χ0n) is 13.1. The van der Waals surface area contributed by atoms with Gasteiger partial charge in [0.25, 0.3) is 0 Å². The van der Waals surface area contributed by atoms with Crippen LogP contribution in [0.25, 0.3) is 0 Å². The van der Waals surface area contributed by atoms with Crippen LogP contribution in [0, 0.1) is 0 Å². The summed E-state index contributed by atoms with van der Waals surface area (Å²) in [6, 6.07) is 0.616. The van der Waals surface area contributed by atoms with Crippen LogP contribution >= 0.6 is 0 Å². The van der Waals surface area contributed by atoms with Crippen molar-refractivity contribution in [2.24, 2.45) is 0 Å². The number of piperidine rings is 1. The first-order valence-electron chi connectivity index (χ1n) is 8.21. The van der Waals surface area contributed by atoms with Gasteiger partial charge in [0.2, 0.25) is 0 Å². The summed E-state index contributed by atoms with van der Waals surface area (Å²) in [6.45, 7) is 9.05. The number of hydrogen-bond acceptors (Lipinski definition) is 3. The van der Waals surface area contributed by atoms with Gasteiger partial charge >= 0.3 is 0 Å². The van der Waals surface area contributed by atoms with Crippen molar-refractivity contribution in [3.8, 4) is 0 Å². The van der Waals surface area contributed by atoms with Gasteiger partial charge in [0.1, 0.15) is 0 Å². The molecule has 0 bridgehead atoms. The number of rotatable bonds is 9. The Kier molecular flexibility index (Phi) is 8.67. The molecule has 1 saturated heterocycles. The van der Waals surface area contributed by atoms with E-state index in [-0.39, 0.29) is 6.10 Å². The number of hydrogen-bond donors (Lipinski definition) is 1. The molecular formula is C16H33NO2. The Morgan fingerprint density at radius 2 is 1.89 bits per heavy atom. The maximum Gasteiger partial charge on any atom is 0.0900 e. The smallest absolute Gasteiger partial charge is 0.0900 e. The molecule has 1 aliphatic heterocycles. The molecule has 0 radical (unpaired) electrons. The SMILES string of the molecule is CCCC(CCC)OCC(O)CN1CCCCC1C. The van der Waals surface area contributed by atoms with Crippen molar-refractivity contribution in [1.82, 2.24) is 4.90 Å². The van der Waals surface area contributed by atoms with E-state index in [1.54, 1.807) is 0 Å². The van der Waals surface area contributed by atoms with Gasteiger partial charge in [0.05, 0.1) is 18.8 Å². The molecule has 0 aromatic heterocycles. The van der Waals surface area contributed by atoms with Crippen molar-refractivity contribution in [2.45, 2.75) is 84.0 Å². The second-order valence-electron chi connectivity index (χ2n) is 6.03. The first-order chi connectivity index (χ1) is 9.17. The quantitative estimate of drug-likeness (QED) is 0.699. The standard InChI is InChI=1S/C16H33NO2/c1-4-8-16(9-5-2)19-13-15(18)12-17-11-7-6-10-14(17)3/h14-16,18H,4-13H2,1-3H3. The monoisotopic (exact) mass is 271 g/mol. The highest BCUT2D eigenvalue weighted by Crippen LogP contribution is 2.17. The predicted octanol–water partition coefficient (Wildman–Crippen LogP) is 3.21. The summed E-state index contributed by atoms with van der Waals surface area (Å²) in [5.74, 6) is 0. The minimum atomic E-state index is -0.336. The average molecular weight is 271 g/mol. The van der Waals surface area contributed by atoms with Crippen molar-refractivity contribution in [3.05, 3.63) is 0 Å². The predicted molar refractivity (Wildman–Crippen MR) is 80.4 cm³/mol. The number of nitrogens with zero attached hydrogens (tertiary/aromatic N) is 1. The van der Waals surface area contributed by atoms with Gasteiger partial charge in [0.15, 0.2) is 0 Å². The molecule has 1 rings (SSSR count). The Morgan fingerprint density at radius 1 is 1.21 bits per heavy atom. The van der Waals surface area contributed by atoms with Crippen LogP contribution in [0.3, 0.4) is 0 Å². The van der Waals surface area contributed by atoms with E-state index in [4.69, 9.17) is 4.74 Å². The molecule has 0 spiro atoms. The summed E-state index contributed by atoms with van der Waals surface area (Å²) in [7, 11) is 0. The Hall–Kier alpha value is -0.120. The molecule has 0 aromatic carbocycles. The molecular weight excluding hydrogens is 238 g/mol. The molecule has 3 heteroatoms. The van der Waals surface area contributed by atoms with E-state index in [9.17, 15) is 5.11 Å². The van der Waals surface area contributed by atoms with E-state index >= 15 is 0 Å². The Bertz CT molecular complexity index is 217. The summed E-state index contributed by atoms with van der Waals surface area (Å²) in [5.41, 5.74) is 0. The van der Waals surface area contributed by atoms with Crippen LogP contribution < -0.4 is 0 Å². The topological polar surface area (TPSA) is 32.7 Å². The lowest BCUT2D eigenvalue weighted by atomic mass is 10.0. The first-order valence-corrected chi connectivity index (χ1v) is 8.21. The largest absolute Gasteiger partial charge is 0.389 e. The van der Waals surface area contributed by atoms with Crippen LogP contribution in [0.15, 0.2) is 0 Å². The zero-order valence-corrected chi connectivity index (χ0v) is 13.1. The fourth-order valence-electron chi connectivity index (χ4n) is 2.95. The molecule has 19 heavy (non-hydrogen) atoms. The highest BCUT2D eigenvalue weighted by molar-refractivity contribution is 4.75. The number of ether oxygens (including phenoxy) is 1. The molecule has 0 amide bonds. The third-order valence-electron chi connectivity index (χ3n) is 4.13. The molecule has 1 N–H and O–H groups in total. The lowest BCUT2D eigenvalue weighted by Gasteiger charge is -2.34. The molecule has 0 saturated carbocycles. The van der Waals surface area contributed by atoms with Crippen LogP contribution in [-0.4, -0.2) is 48.0 Å². The lowest BCUT2D eigenvalue weighted by molar-refractivity contribution is -0.0334. The molecule has 114 valence electrons. The molecule has 1 heterocycles. The molecule has 2 atom stereocenters. The van der Waals surface area contributed by atoms with Crippen LogP contribution in [0.4, 0.5) is 0 Å². The fraction of sp³-hybridized carbons (Fsp3) is 1.00. The summed E-state index contributed by atoms with van der Waals surface area (Å²) in [4.78, 5) is 2.41. The van der Waals surface area contributed by atoms with E-state index in [0.717, 1.165) is 38.8 Å². The number of aliphatic hydroxyl groups is 1. The fourth-order valence-corrected chi connectivity index (χ4v) is 2.95. The molecule has 0 aliphatic carbocycles. The van der Waals surface area contributed by atoms with Gasteiger partial charge in [-0.3, -0.25) is 4.90 Å². The van der Waals surface area contributed by atoms with E-state index in [1.807, 2.05) is 0 Å². The maximum atomic E-state index is 10.1. The maximum absolute atomic E-state index is 10.1. The molecule has 0 aromatic rings. The van der Waals surface area contributed by atoms with E-state index in [2.05, 4.69) is 25.7 Å². The summed E-state index contributed by atoms with van der Waals surface area (Å²) < 4.78 is 5.88. The van der Waals surface area contributed by atoms with Crippen molar-refractivity contribution in [2.75, 3.05) is 19.7 Å². The Labute approximate surface area is 119 Å². The molecule has 3 nitrogen and oxygen atoms in total. The average Bonchev–Trinajstić information content (AvgIpc) is 2.39. The van der Waals surface area contributed by atoms with Crippen molar-refractivity contribution >= 4 is 0 Å². The summed E-state index contributed by atoms with van der Waals surface area (Å²) in [5, 5.41) is 10.1. The van der Waals surface area contributed by atoms with Crippen LogP contribution in [-0.2, 0) is 4.74 Å². The van der Waals surface area contributed by atoms with Gasteiger partial charge in [-0.25, -0.2) is 0 Å². The second-order valence-corrected chi connectivity index (χ2v) is 6.03. The number of β-amino-alcohol motifs (C(OH)–C–C–N with tert-alkyl or cyclic N) is 1. The van der Waals surface area contributed by atoms with Crippen molar-refractivity contribution in [3.63, 3.8) is 0 Å². The van der Waals surface area contributed by atoms with Crippen LogP contribution in [0.5, 0.6) is 0 Å². The van der Waals surface area contributed by atoms with E-state index < -0.39 is 0 Å². The van der Waals surface area contributed by atoms with Crippen LogP contribution in [0.2, 0.25) is 0 Å². The van der Waals surface area contributed by atoms with E-state index in [0.29, 0.717) is 18.8 Å². The molecule has 1 fully saturated rings. The third-order valence-corrected chi connectivity index (χ3v) is 4.13. The normalized spacial score (nSPS) is 22.9. The Balaban J connectivity index is 2.23. The highest BCUT2D eigenvalue weighted by atomic mass is 16.5. The van der Waals surface area contributed by atoms with Gasteiger partial charge in [-0.15, -0.1) is 0 Å². The van der Waals surface area contributed by atoms with Gasteiger partial charge in [-0.2, -0.15) is 0 Å². The van der Waals surface area contributed by atoms with Gasteiger partial charge in [0, 0.05) is 12.6 Å². The van der Waals surface area contributed by atoms with Gasteiger partial charge in [-0.05, 0) is 39.2 Å². The van der Waals surface area contributed by atoms with Crippen molar-refractivity contribution < 1.29 is 9.84 Å². The van der Waals surface area contributed by atoms with Gasteiger partial charge in [-0.1, -0.05) is 33.1 Å². The van der Waals surface area contributed by atoms with E-state index in [1.165, 1.54) is 19.3 Å². The zero-order chi connectivity index (χ0) is 14.1.